The molecule has 5 heteroatoms. The molecule has 1 fully saturated rings. The van der Waals surface area contributed by atoms with Gasteiger partial charge in [-0.3, -0.25) is 10.3 Å². The summed E-state index contributed by atoms with van der Waals surface area (Å²) in [6.07, 6.45) is 0.855. The van der Waals surface area contributed by atoms with E-state index in [-0.39, 0.29) is 0 Å². The highest BCUT2D eigenvalue weighted by molar-refractivity contribution is 5.80. The molecule has 1 N–H and O–H groups in total. The van der Waals surface area contributed by atoms with Gasteiger partial charge in [-0.2, -0.15) is 0 Å². The van der Waals surface area contributed by atoms with Gasteiger partial charge in [-0.1, -0.05) is 24.3 Å². The van der Waals surface area contributed by atoms with Crippen LogP contribution < -0.4 is 15.0 Å². The number of para-hydroxylation sites is 1. The number of nitrogens with zero attached hydrogens (tertiary/aromatic N) is 1. The van der Waals surface area contributed by atoms with Crippen LogP contribution in [0.25, 0.3) is 5.70 Å². The molecule has 26 heavy (non-hydrogen) atoms. The van der Waals surface area contributed by atoms with Gasteiger partial charge in [0.15, 0.2) is 5.60 Å². The first kappa shape index (κ1) is 16.9. The number of ether oxygens (including phenoxy) is 2. The zero-order valence-corrected chi connectivity index (χ0v) is 15.4. The predicted octanol–water partition coefficient (Wildman–Crippen LogP) is 3.18. The molecular formula is C21H24N2O3. The molecule has 0 amide bonds. The van der Waals surface area contributed by atoms with Gasteiger partial charge in [0.05, 0.1) is 19.4 Å². The summed E-state index contributed by atoms with van der Waals surface area (Å²) in [7, 11) is 5.74. The van der Waals surface area contributed by atoms with Gasteiger partial charge in [-0.25, -0.2) is 0 Å². The summed E-state index contributed by atoms with van der Waals surface area (Å²) < 4.78 is 11.7. The third-order valence-corrected chi connectivity index (χ3v) is 4.90. The summed E-state index contributed by atoms with van der Waals surface area (Å²) in [6, 6.07) is 16.2. The number of hydrogen-bond acceptors (Lipinski definition) is 5. The molecule has 1 aliphatic carbocycles. The fraction of sp³-hybridized carbons (Fsp3) is 0.333. The third kappa shape index (κ3) is 2.93. The fourth-order valence-electron chi connectivity index (χ4n) is 3.37. The molecule has 2 aromatic rings. The zero-order chi connectivity index (χ0) is 18.1. The average molecular weight is 352 g/mol. The number of fused-ring (bicyclic) bond motifs is 2. The maximum Gasteiger partial charge on any atom is 0.162 e. The normalized spacial score (nSPS) is 20.3. The molecule has 136 valence electrons. The summed E-state index contributed by atoms with van der Waals surface area (Å²) in [5.74, 6) is 1.72. The minimum absolute atomic E-state index is 0.395. The van der Waals surface area contributed by atoms with Crippen LogP contribution in [0.3, 0.4) is 0 Å². The van der Waals surface area contributed by atoms with E-state index in [1.54, 1.807) is 7.11 Å². The Balaban J connectivity index is 1.63. The SMILES string of the molecule is COc1ccc(C23CC2=C(NOCCN(C)C)c2ccccc2O3)cc1. The van der Waals surface area contributed by atoms with Crippen LogP contribution in [-0.2, 0) is 10.4 Å². The van der Waals surface area contributed by atoms with Crippen molar-refractivity contribution < 1.29 is 14.3 Å². The molecule has 1 aliphatic heterocycles. The molecule has 1 saturated carbocycles. The Hall–Kier alpha value is -2.50. The summed E-state index contributed by atoms with van der Waals surface area (Å²) >= 11 is 0. The van der Waals surface area contributed by atoms with Crippen LogP contribution in [0.15, 0.2) is 54.1 Å². The molecule has 1 heterocycles. The van der Waals surface area contributed by atoms with E-state index in [1.807, 2.05) is 44.4 Å². The Labute approximate surface area is 154 Å². The predicted molar refractivity (Wildman–Crippen MR) is 101 cm³/mol. The topological polar surface area (TPSA) is 43.0 Å². The van der Waals surface area contributed by atoms with Gasteiger partial charge in [0, 0.05) is 29.7 Å². The first-order chi connectivity index (χ1) is 12.6. The number of likely N-dealkylation sites (N-methyl/N-ethyl adjacent to an activating group) is 1. The maximum atomic E-state index is 6.43. The first-order valence-electron chi connectivity index (χ1n) is 8.83. The Morgan fingerprint density at radius 1 is 1.12 bits per heavy atom. The van der Waals surface area contributed by atoms with Gasteiger partial charge < -0.3 is 14.4 Å². The zero-order valence-electron chi connectivity index (χ0n) is 15.4. The van der Waals surface area contributed by atoms with E-state index in [0.717, 1.165) is 41.3 Å². The van der Waals surface area contributed by atoms with Crippen LogP contribution in [0, 0.1) is 0 Å². The Kier molecular flexibility index (Phi) is 4.34. The lowest BCUT2D eigenvalue weighted by atomic mass is 10.0. The van der Waals surface area contributed by atoms with E-state index in [9.17, 15) is 0 Å². The number of hydroxylamine groups is 1. The summed E-state index contributed by atoms with van der Waals surface area (Å²) in [4.78, 5) is 7.82. The number of nitrogens with one attached hydrogen (secondary N) is 1. The third-order valence-electron chi connectivity index (χ3n) is 4.90. The van der Waals surface area contributed by atoms with Crippen molar-refractivity contribution in [3.63, 3.8) is 0 Å². The molecule has 0 radical (unpaired) electrons. The molecule has 4 rings (SSSR count). The van der Waals surface area contributed by atoms with Crippen LogP contribution in [0.1, 0.15) is 17.5 Å². The minimum Gasteiger partial charge on any atom is -0.497 e. The van der Waals surface area contributed by atoms with E-state index >= 15 is 0 Å². The first-order valence-corrected chi connectivity index (χ1v) is 8.83. The largest absolute Gasteiger partial charge is 0.497 e. The Morgan fingerprint density at radius 3 is 2.62 bits per heavy atom. The maximum absolute atomic E-state index is 6.43. The second-order valence-corrected chi connectivity index (χ2v) is 6.94. The smallest absolute Gasteiger partial charge is 0.162 e. The molecule has 1 atom stereocenters. The molecule has 2 aromatic carbocycles. The van der Waals surface area contributed by atoms with E-state index in [4.69, 9.17) is 14.3 Å². The molecule has 0 spiro atoms. The van der Waals surface area contributed by atoms with Crippen molar-refractivity contribution in [1.82, 2.24) is 10.4 Å². The van der Waals surface area contributed by atoms with Crippen LogP contribution >= 0.6 is 0 Å². The van der Waals surface area contributed by atoms with Gasteiger partial charge in [0.25, 0.3) is 0 Å². The second-order valence-electron chi connectivity index (χ2n) is 6.94. The lowest BCUT2D eigenvalue weighted by Gasteiger charge is -2.26. The van der Waals surface area contributed by atoms with Crippen LogP contribution in [0.2, 0.25) is 0 Å². The highest BCUT2D eigenvalue weighted by Gasteiger charge is 2.58. The van der Waals surface area contributed by atoms with E-state index in [2.05, 4.69) is 28.6 Å². The van der Waals surface area contributed by atoms with Gasteiger partial charge in [0.1, 0.15) is 11.5 Å². The summed E-state index contributed by atoms with van der Waals surface area (Å²) in [6.45, 7) is 1.47. The van der Waals surface area contributed by atoms with Gasteiger partial charge in [-0.05, 0) is 38.4 Å². The monoisotopic (exact) mass is 352 g/mol. The van der Waals surface area contributed by atoms with E-state index in [0.29, 0.717) is 6.61 Å². The van der Waals surface area contributed by atoms with Crippen molar-refractivity contribution in [2.45, 2.75) is 12.0 Å². The lowest BCUT2D eigenvalue weighted by molar-refractivity contribution is 0.0651. The van der Waals surface area contributed by atoms with Gasteiger partial charge in [-0.15, -0.1) is 0 Å². The fourth-order valence-corrected chi connectivity index (χ4v) is 3.37. The standard InChI is InChI=1S/C21H24N2O3/c1-23(2)12-13-25-22-20-17-6-4-5-7-19(17)26-21(14-18(20)21)15-8-10-16(24-3)11-9-15/h4-11,22H,12-14H2,1-3H3. The number of rotatable bonds is 7. The molecule has 2 aliphatic rings. The summed E-state index contributed by atoms with van der Waals surface area (Å²) in [5, 5.41) is 0. The van der Waals surface area contributed by atoms with Gasteiger partial charge in [0.2, 0.25) is 0 Å². The van der Waals surface area contributed by atoms with Crippen molar-refractivity contribution in [2.75, 3.05) is 34.4 Å². The number of benzene rings is 2. The summed E-state index contributed by atoms with van der Waals surface area (Å²) in [5.41, 5.74) is 7.24. The van der Waals surface area contributed by atoms with E-state index in [1.165, 1.54) is 5.57 Å². The van der Waals surface area contributed by atoms with Crippen molar-refractivity contribution in [3.8, 4) is 11.5 Å². The van der Waals surface area contributed by atoms with Gasteiger partial charge >= 0.3 is 0 Å². The van der Waals surface area contributed by atoms with Crippen LogP contribution in [-0.4, -0.2) is 39.3 Å². The molecular weight excluding hydrogens is 328 g/mol. The quantitative estimate of drug-likeness (QED) is 0.612. The molecule has 1 unspecified atom stereocenters. The molecule has 0 aromatic heterocycles. The second kappa shape index (κ2) is 6.67. The lowest BCUT2D eigenvalue weighted by Crippen LogP contribution is -2.26. The van der Waals surface area contributed by atoms with Crippen molar-refractivity contribution >= 4 is 5.70 Å². The minimum atomic E-state index is -0.395. The van der Waals surface area contributed by atoms with Crippen LogP contribution in [0.5, 0.6) is 11.5 Å². The Bertz CT molecular complexity index is 829. The van der Waals surface area contributed by atoms with Crippen molar-refractivity contribution in [1.29, 1.82) is 0 Å². The number of methoxy groups -OCH3 is 1. The highest BCUT2D eigenvalue weighted by atomic mass is 16.6. The van der Waals surface area contributed by atoms with Crippen LogP contribution in [0.4, 0.5) is 0 Å². The number of hydrogen-bond donors (Lipinski definition) is 1. The average Bonchev–Trinajstić information content (AvgIpc) is 3.39. The molecule has 0 saturated heterocycles. The Morgan fingerprint density at radius 2 is 1.88 bits per heavy atom. The molecule has 5 nitrogen and oxygen atoms in total. The van der Waals surface area contributed by atoms with Crippen molar-refractivity contribution in [2.24, 2.45) is 0 Å². The highest BCUT2D eigenvalue weighted by Crippen LogP contribution is 2.61. The van der Waals surface area contributed by atoms with E-state index < -0.39 is 5.60 Å². The van der Waals surface area contributed by atoms with Crippen molar-refractivity contribution in [3.05, 3.63) is 65.2 Å². The molecule has 0 bridgehead atoms.